The van der Waals surface area contributed by atoms with Crippen LogP contribution in [-0.4, -0.2) is 33.9 Å². The van der Waals surface area contributed by atoms with Crippen molar-refractivity contribution >= 4 is 17.7 Å². The summed E-state index contributed by atoms with van der Waals surface area (Å²) >= 11 is 5.92. The summed E-state index contributed by atoms with van der Waals surface area (Å²) in [5, 5.41) is 22.8. The first kappa shape index (κ1) is 18.2. The number of carbonyl (C=O) groups excluding carboxylic acids is 1. The zero-order valence-corrected chi connectivity index (χ0v) is 13.7. The Labute approximate surface area is 145 Å². The van der Waals surface area contributed by atoms with E-state index in [4.69, 9.17) is 16.3 Å². The number of pyridine rings is 1. The SMILES string of the molecule is O=C(NCCC(O)C(O)c1ncccc1Cl)OCc1ccccc1. The molecule has 2 aromatic rings. The molecule has 2 atom stereocenters. The first-order valence-electron chi connectivity index (χ1n) is 7.49. The summed E-state index contributed by atoms with van der Waals surface area (Å²) < 4.78 is 5.05. The van der Waals surface area contributed by atoms with Gasteiger partial charge in [0.15, 0.2) is 0 Å². The van der Waals surface area contributed by atoms with Crippen LogP contribution in [0.2, 0.25) is 5.02 Å². The molecule has 3 N–H and O–H groups in total. The van der Waals surface area contributed by atoms with Gasteiger partial charge in [-0.2, -0.15) is 0 Å². The molecule has 24 heavy (non-hydrogen) atoms. The summed E-state index contributed by atoms with van der Waals surface area (Å²) in [5.41, 5.74) is 1.09. The summed E-state index contributed by atoms with van der Waals surface area (Å²) in [4.78, 5) is 15.5. The molecule has 1 aromatic carbocycles. The molecule has 1 aromatic heterocycles. The molecular weight excluding hydrogens is 332 g/mol. The zero-order chi connectivity index (χ0) is 17.4. The van der Waals surface area contributed by atoms with Gasteiger partial charge < -0.3 is 20.3 Å². The number of aliphatic hydroxyl groups excluding tert-OH is 2. The van der Waals surface area contributed by atoms with Crippen LogP contribution >= 0.6 is 11.6 Å². The highest BCUT2D eigenvalue weighted by molar-refractivity contribution is 6.31. The number of nitrogens with zero attached hydrogens (tertiary/aromatic N) is 1. The number of nitrogens with one attached hydrogen (secondary N) is 1. The fourth-order valence-electron chi connectivity index (χ4n) is 2.05. The molecule has 7 heteroatoms. The quantitative estimate of drug-likeness (QED) is 0.713. The van der Waals surface area contributed by atoms with E-state index in [2.05, 4.69) is 10.3 Å². The van der Waals surface area contributed by atoms with E-state index in [-0.39, 0.29) is 30.3 Å². The molecule has 1 heterocycles. The summed E-state index contributed by atoms with van der Waals surface area (Å²) in [6.45, 7) is 0.317. The lowest BCUT2D eigenvalue weighted by molar-refractivity contribution is 0.0112. The Kier molecular flexibility index (Phi) is 6.99. The van der Waals surface area contributed by atoms with Crippen LogP contribution in [0.1, 0.15) is 23.8 Å². The van der Waals surface area contributed by atoms with Gasteiger partial charge in [0, 0.05) is 12.7 Å². The number of amides is 1. The van der Waals surface area contributed by atoms with Crippen molar-refractivity contribution in [1.82, 2.24) is 10.3 Å². The molecular formula is C17H19ClN2O4. The molecule has 0 aliphatic carbocycles. The third kappa shape index (κ3) is 5.49. The van der Waals surface area contributed by atoms with Gasteiger partial charge in [-0.05, 0) is 24.1 Å². The minimum Gasteiger partial charge on any atom is -0.445 e. The second-order valence-corrected chi connectivity index (χ2v) is 5.57. The molecule has 0 saturated carbocycles. The highest BCUT2D eigenvalue weighted by Crippen LogP contribution is 2.23. The zero-order valence-electron chi connectivity index (χ0n) is 12.9. The summed E-state index contributed by atoms with van der Waals surface area (Å²) in [6, 6.07) is 12.5. The van der Waals surface area contributed by atoms with Crippen molar-refractivity contribution in [3.63, 3.8) is 0 Å². The molecule has 0 radical (unpaired) electrons. The Hall–Kier alpha value is -2.15. The van der Waals surface area contributed by atoms with Crippen LogP contribution in [0.4, 0.5) is 4.79 Å². The largest absolute Gasteiger partial charge is 0.445 e. The molecule has 2 unspecified atom stereocenters. The summed E-state index contributed by atoms with van der Waals surface area (Å²) in [7, 11) is 0. The van der Waals surface area contributed by atoms with Crippen molar-refractivity contribution < 1.29 is 19.7 Å². The van der Waals surface area contributed by atoms with E-state index in [0.29, 0.717) is 0 Å². The maximum Gasteiger partial charge on any atom is 0.407 e. The number of hydrogen-bond donors (Lipinski definition) is 3. The van der Waals surface area contributed by atoms with Gasteiger partial charge in [-0.15, -0.1) is 0 Å². The first-order chi connectivity index (χ1) is 11.6. The third-order valence-electron chi connectivity index (χ3n) is 3.35. The number of aromatic nitrogens is 1. The van der Waals surface area contributed by atoms with E-state index in [1.807, 2.05) is 30.3 Å². The lowest BCUT2D eigenvalue weighted by Gasteiger charge is -2.18. The maximum absolute atomic E-state index is 11.6. The van der Waals surface area contributed by atoms with Gasteiger partial charge in [0.05, 0.1) is 16.8 Å². The van der Waals surface area contributed by atoms with E-state index >= 15 is 0 Å². The van der Waals surface area contributed by atoms with Gasteiger partial charge in [-0.3, -0.25) is 4.98 Å². The molecule has 6 nitrogen and oxygen atoms in total. The van der Waals surface area contributed by atoms with Crippen LogP contribution in [0.3, 0.4) is 0 Å². The average molecular weight is 351 g/mol. The Morgan fingerprint density at radius 1 is 1.21 bits per heavy atom. The molecule has 0 bridgehead atoms. The van der Waals surface area contributed by atoms with Crippen molar-refractivity contribution in [3.05, 3.63) is 64.9 Å². The average Bonchev–Trinajstić information content (AvgIpc) is 2.60. The Morgan fingerprint density at radius 2 is 1.96 bits per heavy atom. The highest BCUT2D eigenvalue weighted by atomic mass is 35.5. The number of rotatable bonds is 7. The van der Waals surface area contributed by atoms with E-state index in [1.165, 1.54) is 6.20 Å². The molecule has 0 fully saturated rings. The van der Waals surface area contributed by atoms with Crippen molar-refractivity contribution in [3.8, 4) is 0 Å². The van der Waals surface area contributed by atoms with Crippen LogP contribution in [0, 0.1) is 0 Å². The minimum atomic E-state index is -1.22. The lowest BCUT2D eigenvalue weighted by Crippen LogP contribution is -2.30. The van der Waals surface area contributed by atoms with Crippen LogP contribution in [0.5, 0.6) is 0 Å². The molecule has 128 valence electrons. The molecule has 2 rings (SSSR count). The predicted octanol–water partition coefficient (Wildman–Crippen LogP) is 2.45. The minimum absolute atomic E-state index is 0.133. The second kappa shape index (κ2) is 9.22. The number of alkyl carbamates (subject to hydrolysis) is 1. The molecule has 0 saturated heterocycles. The normalized spacial score (nSPS) is 13.1. The van der Waals surface area contributed by atoms with Crippen LogP contribution in [0.15, 0.2) is 48.7 Å². The number of aliphatic hydroxyl groups is 2. The van der Waals surface area contributed by atoms with Crippen LogP contribution in [0.25, 0.3) is 0 Å². The Morgan fingerprint density at radius 3 is 2.67 bits per heavy atom. The van der Waals surface area contributed by atoms with Crippen LogP contribution < -0.4 is 5.32 Å². The monoisotopic (exact) mass is 350 g/mol. The smallest absolute Gasteiger partial charge is 0.407 e. The van der Waals surface area contributed by atoms with E-state index < -0.39 is 18.3 Å². The summed E-state index contributed by atoms with van der Waals surface area (Å²) in [6.07, 6.45) is -1.30. The van der Waals surface area contributed by atoms with Gasteiger partial charge >= 0.3 is 6.09 Å². The van der Waals surface area contributed by atoms with Gasteiger partial charge in [-0.25, -0.2) is 4.79 Å². The van der Waals surface area contributed by atoms with Gasteiger partial charge in [0.2, 0.25) is 0 Å². The second-order valence-electron chi connectivity index (χ2n) is 5.16. The van der Waals surface area contributed by atoms with Crippen molar-refractivity contribution in [2.24, 2.45) is 0 Å². The predicted molar refractivity (Wildman–Crippen MR) is 89.5 cm³/mol. The van der Waals surface area contributed by atoms with Gasteiger partial charge in [-0.1, -0.05) is 41.9 Å². The van der Waals surface area contributed by atoms with E-state index in [0.717, 1.165) is 5.56 Å². The number of ether oxygens (including phenoxy) is 1. The Bertz CT molecular complexity index is 654. The number of carbonyl (C=O) groups is 1. The molecule has 0 aliphatic heterocycles. The van der Waals surface area contributed by atoms with Gasteiger partial charge in [0.1, 0.15) is 12.7 Å². The van der Waals surface area contributed by atoms with E-state index in [9.17, 15) is 15.0 Å². The van der Waals surface area contributed by atoms with Gasteiger partial charge in [0.25, 0.3) is 0 Å². The fourth-order valence-corrected chi connectivity index (χ4v) is 2.29. The van der Waals surface area contributed by atoms with Crippen molar-refractivity contribution in [2.75, 3.05) is 6.54 Å². The summed E-state index contributed by atoms with van der Waals surface area (Å²) in [5.74, 6) is 0. The maximum atomic E-state index is 11.6. The molecule has 0 aliphatic rings. The number of hydrogen-bond acceptors (Lipinski definition) is 5. The van der Waals surface area contributed by atoms with Crippen LogP contribution in [-0.2, 0) is 11.3 Å². The number of benzene rings is 1. The Balaban J connectivity index is 1.71. The topological polar surface area (TPSA) is 91.7 Å². The third-order valence-corrected chi connectivity index (χ3v) is 3.67. The van der Waals surface area contributed by atoms with Crippen molar-refractivity contribution in [2.45, 2.75) is 25.2 Å². The molecule has 0 spiro atoms. The first-order valence-corrected chi connectivity index (χ1v) is 7.87. The standard InChI is InChI=1S/C17H19ClN2O4/c18-13-7-4-9-19-15(13)16(22)14(21)8-10-20-17(23)24-11-12-5-2-1-3-6-12/h1-7,9,14,16,21-22H,8,10-11H2,(H,20,23). The highest BCUT2D eigenvalue weighted by Gasteiger charge is 2.21. The van der Waals surface area contributed by atoms with E-state index in [1.54, 1.807) is 12.1 Å². The molecule has 1 amide bonds. The lowest BCUT2D eigenvalue weighted by atomic mass is 10.1. The fraction of sp³-hybridized carbons (Fsp3) is 0.294. The number of halogens is 1. The van der Waals surface area contributed by atoms with Crippen molar-refractivity contribution in [1.29, 1.82) is 0 Å².